The van der Waals surface area contributed by atoms with Crippen LogP contribution >= 0.6 is 11.6 Å². The van der Waals surface area contributed by atoms with Gasteiger partial charge in [-0.1, -0.05) is 48.9 Å². The number of ether oxygens (including phenoxy) is 3. The van der Waals surface area contributed by atoms with Gasteiger partial charge in [0.1, 0.15) is 36.5 Å². The number of halogens is 1. The Morgan fingerprint density at radius 3 is 2.45 bits per heavy atom. The zero-order valence-corrected chi connectivity index (χ0v) is 32.0. The largest absolute Gasteiger partial charge is 0.493 e. The molecule has 4 aromatic rings. The second kappa shape index (κ2) is 17.9. The number of amides is 1. The Labute approximate surface area is 318 Å². The van der Waals surface area contributed by atoms with Gasteiger partial charge in [-0.2, -0.15) is 5.26 Å². The van der Waals surface area contributed by atoms with Gasteiger partial charge < -0.3 is 24.4 Å². The molecule has 0 unspecified atom stereocenters. The fraction of sp³-hybridized carbons (Fsp3) is 0.419. The van der Waals surface area contributed by atoms with Crippen molar-refractivity contribution in [1.82, 2.24) is 20.1 Å². The first-order valence-electron chi connectivity index (χ1n) is 18.6. The van der Waals surface area contributed by atoms with Crippen LogP contribution in [0, 0.1) is 31.1 Å². The number of pyridine rings is 1. The van der Waals surface area contributed by atoms with Crippen molar-refractivity contribution in [3.8, 4) is 34.4 Å². The molecule has 1 aromatic heterocycles. The number of likely N-dealkylation sites (tertiary alicyclic amines) is 2. The third-order valence-corrected chi connectivity index (χ3v) is 10.6. The quantitative estimate of drug-likeness (QED) is 0.123. The number of nitrogens with one attached hydrogen (secondary N) is 1. The molecule has 3 heterocycles. The zero-order valence-electron chi connectivity index (χ0n) is 31.3. The van der Waals surface area contributed by atoms with Gasteiger partial charge in [0.2, 0.25) is 5.91 Å². The highest BCUT2D eigenvalue weighted by atomic mass is 35.5. The normalized spacial score (nSPS) is 17.4. The van der Waals surface area contributed by atoms with Crippen LogP contribution in [0.5, 0.6) is 17.2 Å². The first kappa shape index (κ1) is 38.1. The van der Waals surface area contributed by atoms with Gasteiger partial charge in [0, 0.05) is 75.3 Å². The molecule has 2 fully saturated rings. The van der Waals surface area contributed by atoms with E-state index in [1.807, 2.05) is 12.1 Å². The number of rotatable bonds is 15. The lowest BCUT2D eigenvalue weighted by Crippen LogP contribution is -2.35. The van der Waals surface area contributed by atoms with Gasteiger partial charge in [0.25, 0.3) is 0 Å². The SMILES string of the molecule is CC(=O)N[C@@H]1CCN(Cc2cc(Cl)c(OCc3cccc(-c4cccc(OCCCN5CC[C@@H](C)C5)c4C)c3C)cc2OCc2cncc(C#N)c2)C1. The van der Waals surface area contributed by atoms with Crippen LogP contribution in [-0.4, -0.2) is 66.1 Å². The zero-order chi connectivity index (χ0) is 37.3. The van der Waals surface area contributed by atoms with Crippen LogP contribution in [0.1, 0.15) is 66.5 Å². The van der Waals surface area contributed by atoms with Crippen molar-refractivity contribution in [3.05, 3.63) is 105 Å². The van der Waals surface area contributed by atoms with Gasteiger partial charge in [-0.05, 0) is 91.6 Å². The molecule has 0 aliphatic carbocycles. The summed E-state index contributed by atoms with van der Waals surface area (Å²) in [7, 11) is 0. The Kier molecular flexibility index (Phi) is 12.9. The van der Waals surface area contributed by atoms with E-state index in [1.54, 1.807) is 19.2 Å². The molecule has 0 radical (unpaired) electrons. The van der Waals surface area contributed by atoms with E-state index in [-0.39, 0.29) is 18.6 Å². The van der Waals surface area contributed by atoms with Gasteiger partial charge in [-0.15, -0.1) is 0 Å². The Bertz CT molecular complexity index is 1940. The highest BCUT2D eigenvalue weighted by Gasteiger charge is 2.25. The van der Waals surface area contributed by atoms with E-state index in [1.165, 1.54) is 25.7 Å². The van der Waals surface area contributed by atoms with Crippen molar-refractivity contribution in [3.63, 3.8) is 0 Å². The van der Waals surface area contributed by atoms with Crippen LogP contribution in [0.2, 0.25) is 5.02 Å². The Balaban J connectivity index is 1.16. The number of carbonyl (C=O) groups excluding carboxylic acids is 1. The van der Waals surface area contributed by atoms with Gasteiger partial charge in [0.05, 0.1) is 17.2 Å². The predicted octanol–water partition coefficient (Wildman–Crippen LogP) is 7.87. The molecule has 1 amide bonds. The van der Waals surface area contributed by atoms with E-state index in [0.717, 1.165) is 83.1 Å². The topological polar surface area (TPSA) is 100.0 Å². The van der Waals surface area contributed by atoms with E-state index in [2.05, 4.69) is 83.3 Å². The molecule has 1 N–H and O–H groups in total. The Hall–Kier alpha value is -4.62. The molecule has 2 atom stereocenters. The van der Waals surface area contributed by atoms with Crippen LogP contribution in [0.3, 0.4) is 0 Å². The first-order chi connectivity index (χ1) is 25.7. The summed E-state index contributed by atoms with van der Waals surface area (Å²) in [5.41, 5.74) is 7.77. The number of hydrogen-bond acceptors (Lipinski definition) is 8. The molecule has 2 saturated heterocycles. The lowest BCUT2D eigenvalue weighted by Gasteiger charge is -2.21. The smallest absolute Gasteiger partial charge is 0.217 e. The molecular weight excluding hydrogens is 686 g/mol. The van der Waals surface area contributed by atoms with E-state index in [0.29, 0.717) is 41.8 Å². The Morgan fingerprint density at radius 1 is 0.906 bits per heavy atom. The highest BCUT2D eigenvalue weighted by Crippen LogP contribution is 2.37. The standard InChI is InChI=1S/C43H50ClN5O4/c1-29-12-15-48(24-29)14-7-17-51-41-11-6-10-39(31(41)3)38-9-5-8-35(30(38)2)28-53-43-20-42(52-27-34-18-33(21-45)22-46-23-34)36(19-40(43)44)25-49-16-13-37(26-49)47-32(4)50/h5-6,8-11,18-20,22-23,29,37H,7,12-17,24-28H2,1-4H3,(H,47,50)/t29-,37-/m1/s1. The van der Waals surface area contributed by atoms with Crippen LogP contribution < -0.4 is 19.5 Å². The maximum absolute atomic E-state index is 11.6. The third kappa shape index (κ3) is 10.1. The second-order valence-electron chi connectivity index (χ2n) is 14.5. The fourth-order valence-electron chi connectivity index (χ4n) is 7.41. The summed E-state index contributed by atoms with van der Waals surface area (Å²) in [6, 6.07) is 20.4. The van der Waals surface area contributed by atoms with E-state index in [9.17, 15) is 10.1 Å². The number of nitriles is 1. The minimum absolute atomic E-state index is 0.0227. The number of carbonyl (C=O) groups is 1. The molecule has 2 aliphatic heterocycles. The third-order valence-electron chi connectivity index (χ3n) is 10.3. The molecule has 3 aromatic carbocycles. The number of benzene rings is 3. The summed E-state index contributed by atoms with van der Waals surface area (Å²) in [5, 5.41) is 12.9. The molecule has 53 heavy (non-hydrogen) atoms. The lowest BCUT2D eigenvalue weighted by atomic mass is 9.93. The molecule has 0 bridgehead atoms. The summed E-state index contributed by atoms with van der Waals surface area (Å²) in [6.45, 7) is 15.0. The summed E-state index contributed by atoms with van der Waals surface area (Å²) >= 11 is 6.89. The molecule has 6 rings (SSSR count). The fourth-order valence-corrected chi connectivity index (χ4v) is 7.65. The molecule has 0 saturated carbocycles. The van der Waals surface area contributed by atoms with Crippen molar-refractivity contribution >= 4 is 17.5 Å². The lowest BCUT2D eigenvalue weighted by molar-refractivity contribution is -0.119. The van der Waals surface area contributed by atoms with Crippen LogP contribution in [0.4, 0.5) is 0 Å². The monoisotopic (exact) mass is 735 g/mol. The molecule has 278 valence electrons. The summed E-state index contributed by atoms with van der Waals surface area (Å²) in [4.78, 5) is 20.6. The molecule has 0 spiro atoms. The molecular formula is C43H50ClN5O4. The van der Waals surface area contributed by atoms with Crippen molar-refractivity contribution in [1.29, 1.82) is 5.26 Å². The summed E-state index contributed by atoms with van der Waals surface area (Å²) in [6.07, 6.45) is 6.41. The van der Waals surface area contributed by atoms with Gasteiger partial charge in [-0.3, -0.25) is 14.7 Å². The number of aromatic nitrogens is 1. The van der Waals surface area contributed by atoms with Gasteiger partial charge in [-0.25, -0.2) is 0 Å². The Morgan fingerprint density at radius 2 is 1.68 bits per heavy atom. The molecule has 2 aliphatic rings. The van der Waals surface area contributed by atoms with E-state index < -0.39 is 0 Å². The highest BCUT2D eigenvalue weighted by molar-refractivity contribution is 6.32. The minimum atomic E-state index is -0.0227. The number of nitrogens with zero attached hydrogens (tertiary/aromatic N) is 4. The second-order valence-corrected chi connectivity index (χ2v) is 14.9. The average Bonchev–Trinajstić information content (AvgIpc) is 3.77. The van der Waals surface area contributed by atoms with Crippen LogP contribution in [-0.2, 0) is 24.6 Å². The maximum atomic E-state index is 11.6. The van der Waals surface area contributed by atoms with Crippen molar-refractivity contribution in [2.24, 2.45) is 5.92 Å². The predicted molar refractivity (Wildman–Crippen MR) is 208 cm³/mol. The van der Waals surface area contributed by atoms with Crippen LogP contribution in [0.15, 0.2) is 67.0 Å². The molecule has 10 heteroatoms. The summed E-state index contributed by atoms with van der Waals surface area (Å²) < 4.78 is 19.1. The number of hydrogen-bond donors (Lipinski definition) is 1. The van der Waals surface area contributed by atoms with Crippen LogP contribution in [0.25, 0.3) is 11.1 Å². The molecule has 9 nitrogen and oxygen atoms in total. The minimum Gasteiger partial charge on any atom is -0.493 e. The van der Waals surface area contributed by atoms with E-state index >= 15 is 0 Å². The first-order valence-corrected chi connectivity index (χ1v) is 19.0. The summed E-state index contributed by atoms with van der Waals surface area (Å²) in [5.74, 6) is 2.86. The van der Waals surface area contributed by atoms with E-state index in [4.69, 9.17) is 25.8 Å². The maximum Gasteiger partial charge on any atom is 0.217 e. The van der Waals surface area contributed by atoms with Crippen molar-refractivity contribution in [2.75, 3.05) is 39.3 Å². The van der Waals surface area contributed by atoms with Gasteiger partial charge >= 0.3 is 0 Å². The van der Waals surface area contributed by atoms with Gasteiger partial charge in [0.15, 0.2) is 0 Å². The average molecular weight is 736 g/mol. The van der Waals surface area contributed by atoms with Crippen molar-refractivity contribution in [2.45, 2.75) is 72.8 Å². The van der Waals surface area contributed by atoms with Crippen molar-refractivity contribution < 1.29 is 19.0 Å².